The Balaban J connectivity index is 1.40. The molecule has 0 unspecified atom stereocenters. The van der Waals surface area contributed by atoms with Crippen LogP contribution >= 0.6 is 22.9 Å². The fourth-order valence-corrected chi connectivity index (χ4v) is 5.73. The third-order valence-corrected chi connectivity index (χ3v) is 8.35. The number of hydrogen-bond donors (Lipinski definition) is 1. The summed E-state index contributed by atoms with van der Waals surface area (Å²) >= 11 is 7.58. The summed E-state index contributed by atoms with van der Waals surface area (Å²) in [6, 6.07) is 11.8. The molecule has 1 amide bonds. The number of ether oxygens (including phenoxy) is 1. The quantitative estimate of drug-likeness (QED) is 0.563. The Hall–Kier alpha value is -2.30. The van der Waals surface area contributed by atoms with Gasteiger partial charge in [-0.3, -0.25) is 10.1 Å². The van der Waals surface area contributed by atoms with E-state index in [1.54, 1.807) is 6.20 Å². The molecule has 1 aromatic heterocycles. The van der Waals surface area contributed by atoms with Gasteiger partial charge in [0, 0.05) is 41.2 Å². The van der Waals surface area contributed by atoms with E-state index >= 15 is 0 Å². The van der Waals surface area contributed by atoms with Crippen LogP contribution in [0.25, 0.3) is 0 Å². The minimum absolute atomic E-state index is 0.157. The first kappa shape index (κ1) is 22.9. The monoisotopic (exact) mass is 491 g/mol. The zero-order valence-corrected chi connectivity index (χ0v) is 19.8. The zero-order chi connectivity index (χ0) is 22.7. The summed E-state index contributed by atoms with van der Waals surface area (Å²) in [6.07, 6.45) is 2.40. The summed E-state index contributed by atoms with van der Waals surface area (Å²) < 4.78 is 32.0. The first-order chi connectivity index (χ1) is 15.3. The molecule has 32 heavy (non-hydrogen) atoms. The zero-order valence-electron chi connectivity index (χ0n) is 17.4. The lowest BCUT2D eigenvalue weighted by Crippen LogP contribution is -2.40. The van der Waals surface area contributed by atoms with Crippen molar-refractivity contribution in [1.82, 2.24) is 9.29 Å². The molecule has 7 nitrogen and oxygen atoms in total. The molecule has 4 rings (SSSR count). The van der Waals surface area contributed by atoms with Gasteiger partial charge in [-0.15, -0.1) is 11.3 Å². The lowest BCUT2D eigenvalue weighted by molar-refractivity contribution is 0.0730. The fourth-order valence-electron chi connectivity index (χ4n) is 3.28. The Labute approximate surface area is 196 Å². The molecule has 10 heteroatoms. The first-order valence-electron chi connectivity index (χ1n) is 10.0. The van der Waals surface area contributed by atoms with Crippen LogP contribution in [0.3, 0.4) is 0 Å². The molecule has 2 heterocycles. The first-order valence-corrected chi connectivity index (χ1v) is 12.7. The Morgan fingerprint density at radius 3 is 2.59 bits per heavy atom. The second-order valence-corrected chi connectivity index (χ2v) is 10.8. The Bertz CT molecular complexity index is 1220. The maximum absolute atomic E-state index is 12.7. The number of thiazole rings is 1. The number of benzene rings is 2. The van der Waals surface area contributed by atoms with Crippen LogP contribution in [0.15, 0.2) is 53.6 Å². The number of aryl methyl sites for hydroxylation is 1. The van der Waals surface area contributed by atoms with Gasteiger partial charge in [0.05, 0.1) is 18.1 Å². The molecule has 1 aliphatic heterocycles. The third-order valence-electron chi connectivity index (χ3n) is 5.11. The van der Waals surface area contributed by atoms with Gasteiger partial charge >= 0.3 is 0 Å². The van der Waals surface area contributed by atoms with Gasteiger partial charge in [-0.05, 0) is 48.4 Å². The third kappa shape index (κ3) is 5.19. The normalized spacial score (nSPS) is 14.9. The lowest BCUT2D eigenvalue weighted by atomic mass is 10.1. The van der Waals surface area contributed by atoms with Crippen molar-refractivity contribution in [2.45, 2.75) is 18.2 Å². The van der Waals surface area contributed by atoms with Gasteiger partial charge in [-0.2, -0.15) is 4.31 Å². The summed E-state index contributed by atoms with van der Waals surface area (Å²) in [6.45, 7) is 3.37. The molecule has 1 saturated heterocycles. The number of hydrogen-bond acceptors (Lipinski definition) is 6. The highest BCUT2D eigenvalue weighted by Gasteiger charge is 2.26. The van der Waals surface area contributed by atoms with E-state index in [1.807, 2.05) is 25.1 Å². The molecule has 0 bridgehead atoms. The molecule has 0 radical (unpaired) electrons. The van der Waals surface area contributed by atoms with Gasteiger partial charge in [0.2, 0.25) is 10.0 Å². The lowest BCUT2D eigenvalue weighted by Gasteiger charge is -2.26. The molecule has 0 saturated carbocycles. The molecule has 0 aliphatic carbocycles. The van der Waals surface area contributed by atoms with Crippen LogP contribution in [-0.2, 0) is 21.2 Å². The number of carbonyl (C=O) groups is 1. The van der Waals surface area contributed by atoms with Crippen LogP contribution in [0.2, 0.25) is 5.02 Å². The molecular formula is C22H22ClN3O4S2. The number of aromatic nitrogens is 1. The number of halogens is 1. The van der Waals surface area contributed by atoms with Crippen molar-refractivity contribution in [3.05, 3.63) is 75.3 Å². The second kappa shape index (κ2) is 9.68. The van der Waals surface area contributed by atoms with E-state index in [0.29, 0.717) is 43.4 Å². The summed E-state index contributed by atoms with van der Waals surface area (Å²) in [7, 11) is -3.59. The van der Waals surface area contributed by atoms with Crippen molar-refractivity contribution >= 4 is 44.0 Å². The van der Waals surface area contributed by atoms with Crippen molar-refractivity contribution in [1.29, 1.82) is 0 Å². The average Bonchev–Trinajstić information content (AvgIpc) is 3.23. The van der Waals surface area contributed by atoms with Crippen molar-refractivity contribution in [3.8, 4) is 0 Å². The average molecular weight is 492 g/mol. The topological polar surface area (TPSA) is 88.6 Å². The van der Waals surface area contributed by atoms with E-state index in [2.05, 4.69) is 10.3 Å². The largest absolute Gasteiger partial charge is 0.379 e. The molecular weight excluding hydrogens is 470 g/mol. The fraction of sp³-hybridized carbons (Fsp3) is 0.273. The van der Waals surface area contributed by atoms with Crippen LogP contribution in [-0.4, -0.2) is 49.9 Å². The number of morpholine rings is 1. The smallest absolute Gasteiger partial charge is 0.257 e. The number of anilines is 1. The number of nitrogens with one attached hydrogen (secondary N) is 1. The van der Waals surface area contributed by atoms with Crippen LogP contribution in [0.5, 0.6) is 0 Å². The minimum atomic E-state index is -3.59. The highest BCUT2D eigenvalue weighted by molar-refractivity contribution is 7.89. The van der Waals surface area contributed by atoms with E-state index in [-0.39, 0.29) is 10.8 Å². The van der Waals surface area contributed by atoms with Gasteiger partial charge in [0.15, 0.2) is 5.13 Å². The van der Waals surface area contributed by atoms with Crippen molar-refractivity contribution in [3.63, 3.8) is 0 Å². The second-order valence-electron chi connectivity index (χ2n) is 7.39. The van der Waals surface area contributed by atoms with Gasteiger partial charge in [0.25, 0.3) is 5.91 Å². The highest BCUT2D eigenvalue weighted by atomic mass is 35.5. The van der Waals surface area contributed by atoms with Crippen molar-refractivity contribution in [2.24, 2.45) is 0 Å². The highest BCUT2D eigenvalue weighted by Crippen LogP contribution is 2.25. The Morgan fingerprint density at radius 2 is 1.91 bits per heavy atom. The van der Waals surface area contributed by atoms with E-state index in [9.17, 15) is 13.2 Å². The number of sulfonamides is 1. The Kier molecular flexibility index (Phi) is 6.92. The maximum Gasteiger partial charge on any atom is 0.257 e. The van der Waals surface area contributed by atoms with Gasteiger partial charge in [-0.1, -0.05) is 23.7 Å². The van der Waals surface area contributed by atoms with Crippen LogP contribution < -0.4 is 5.32 Å². The molecule has 0 atom stereocenters. The molecule has 1 N–H and O–H groups in total. The molecule has 3 aromatic rings. The summed E-state index contributed by atoms with van der Waals surface area (Å²) in [5, 5.41) is 3.97. The standard InChI is InChI=1S/C22H22ClN3O4S2/c1-15-2-3-16(13-20(15)23)12-18-14-24-22(31-18)25-21(27)17-4-6-19(7-5-17)32(28,29)26-8-10-30-11-9-26/h2-7,13-14H,8-12H2,1H3,(H,24,25,27). The van der Waals surface area contributed by atoms with Crippen molar-refractivity contribution < 1.29 is 17.9 Å². The van der Waals surface area contributed by atoms with Gasteiger partial charge in [0.1, 0.15) is 0 Å². The molecule has 2 aromatic carbocycles. The van der Waals surface area contributed by atoms with Crippen LogP contribution in [0, 0.1) is 6.92 Å². The molecule has 0 spiro atoms. The predicted octanol–water partition coefficient (Wildman–Crippen LogP) is 3.97. The minimum Gasteiger partial charge on any atom is -0.379 e. The number of amides is 1. The SMILES string of the molecule is Cc1ccc(Cc2cnc(NC(=O)c3ccc(S(=O)(=O)N4CCOCC4)cc3)s2)cc1Cl. The van der Waals surface area contributed by atoms with E-state index in [0.717, 1.165) is 21.0 Å². The molecule has 1 fully saturated rings. The van der Waals surface area contributed by atoms with E-state index in [4.69, 9.17) is 16.3 Å². The number of rotatable bonds is 6. The van der Waals surface area contributed by atoms with Gasteiger partial charge < -0.3 is 4.74 Å². The number of nitrogens with zero attached hydrogens (tertiary/aromatic N) is 2. The van der Waals surface area contributed by atoms with Crippen LogP contribution in [0.1, 0.15) is 26.4 Å². The summed E-state index contributed by atoms with van der Waals surface area (Å²) in [4.78, 5) is 18.0. The van der Waals surface area contributed by atoms with Gasteiger partial charge in [-0.25, -0.2) is 13.4 Å². The van der Waals surface area contributed by atoms with E-state index < -0.39 is 10.0 Å². The molecule has 168 valence electrons. The van der Waals surface area contributed by atoms with Crippen molar-refractivity contribution in [2.75, 3.05) is 31.6 Å². The summed E-state index contributed by atoms with van der Waals surface area (Å²) in [5.74, 6) is -0.348. The Morgan fingerprint density at radius 1 is 1.19 bits per heavy atom. The summed E-state index contributed by atoms with van der Waals surface area (Å²) in [5.41, 5.74) is 2.45. The number of carbonyl (C=O) groups excluding carboxylic acids is 1. The van der Waals surface area contributed by atoms with Crippen LogP contribution in [0.4, 0.5) is 5.13 Å². The molecule has 1 aliphatic rings. The van der Waals surface area contributed by atoms with E-state index in [1.165, 1.54) is 39.9 Å². The maximum atomic E-state index is 12.7. The predicted molar refractivity (Wildman–Crippen MR) is 125 cm³/mol.